The molecule has 114 valence electrons. The predicted octanol–water partition coefficient (Wildman–Crippen LogP) is 2.86. The van der Waals surface area contributed by atoms with E-state index < -0.39 is 6.09 Å². The third-order valence-electron chi connectivity index (χ3n) is 2.74. The van der Waals surface area contributed by atoms with Gasteiger partial charge < -0.3 is 19.9 Å². The van der Waals surface area contributed by atoms with Crippen LogP contribution in [0.25, 0.3) is 0 Å². The van der Waals surface area contributed by atoms with E-state index in [0.29, 0.717) is 26.1 Å². The Balaban J connectivity index is 3.66. The fourth-order valence-corrected chi connectivity index (χ4v) is 1.55. The molecule has 0 aromatic heterocycles. The summed E-state index contributed by atoms with van der Waals surface area (Å²) in [5.41, 5.74) is 5.05. The average Bonchev–Trinajstić information content (AvgIpc) is 2.37. The molecule has 0 heterocycles. The lowest BCUT2D eigenvalue weighted by Gasteiger charge is -2.16. The maximum atomic E-state index is 10.8. The number of hydrogen-bond acceptors (Lipinski definition) is 4. The van der Waals surface area contributed by atoms with E-state index in [2.05, 4.69) is 13.8 Å². The van der Waals surface area contributed by atoms with Crippen molar-refractivity contribution in [3.63, 3.8) is 0 Å². The van der Waals surface area contributed by atoms with Crippen LogP contribution >= 0.6 is 0 Å². The second-order valence-corrected chi connectivity index (χ2v) is 4.57. The molecule has 0 fully saturated rings. The van der Waals surface area contributed by atoms with Gasteiger partial charge in [0.05, 0.1) is 13.2 Å². The second kappa shape index (κ2) is 13.6. The Hall–Kier alpha value is -0.810. The standard InChI is InChI=1S/C14H29NO4/c1-3-5-9-17-11-7-13(19-14(15)16)8-12-18-10-6-4-2/h13H,3-12H2,1-2H3,(H2,15,16). The molecule has 0 aliphatic carbocycles. The van der Waals surface area contributed by atoms with E-state index >= 15 is 0 Å². The fraction of sp³-hybridized carbons (Fsp3) is 0.929. The number of unbranched alkanes of at least 4 members (excludes halogenated alkanes) is 2. The van der Waals surface area contributed by atoms with Crippen LogP contribution in [0.4, 0.5) is 4.79 Å². The molecule has 0 unspecified atom stereocenters. The number of carbonyl (C=O) groups is 1. The second-order valence-electron chi connectivity index (χ2n) is 4.57. The van der Waals surface area contributed by atoms with Crippen molar-refractivity contribution in [2.24, 2.45) is 5.73 Å². The molecule has 0 spiro atoms. The summed E-state index contributed by atoms with van der Waals surface area (Å²) in [5.74, 6) is 0. The summed E-state index contributed by atoms with van der Waals surface area (Å²) in [5, 5.41) is 0. The van der Waals surface area contributed by atoms with Crippen LogP contribution in [0, 0.1) is 0 Å². The topological polar surface area (TPSA) is 70.8 Å². The first-order chi connectivity index (χ1) is 9.20. The fourth-order valence-electron chi connectivity index (χ4n) is 1.55. The molecule has 0 saturated carbocycles. The Labute approximate surface area is 116 Å². The van der Waals surface area contributed by atoms with Crippen LogP contribution in [0.15, 0.2) is 0 Å². The Morgan fingerprint density at radius 1 is 0.947 bits per heavy atom. The zero-order valence-electron chi connectivity index (χ0n) is 12.4. The minimum Gasteiger partial charge on any atom is -0.446 e. The smallest absolute Gasteiger partial charge is 0.404 e. The zero-order chi connectivity index (χ0) is 14.3. The molecule has 1 amide bonds. The number of rotatable bonds is 13. The van der Waals surface area contributed by atoms with Crippen molar-refractivity contribution in [2.45, 2.75) is 58.5 Å². The van der Waals surface area contributed by atoms with Crippen LogP contribution in [-0.4, -0.2) is 38.6 Å². The normalized spacial score (nSPS) is 10.9. The monoisotopic (exact) mass is 275 g/mol. The van der Waals surface area contributed by atoms with E-state index in [4.69, 9.17) is 19.9 Å². The highest BCUT2D eigenvalue weighted by Crippen LogP contribution is 2.06. The van der Waals surface area contributed by atoms with Gasteiger partial charge in [-0.2, -0.15) is 0 Å². The number of amides is 1. The van der Waals surface area contributed by atoms with Crippen LogP contribution in [0.3, 0.4) is 0 Å². The van der Waals surface area contributed by atoms with Gasteiger partial charge in [-0.05, 0) is 12.8 Å². The van der Waals surface area contributed by atoms with Gasteiger partial charge in [-0.1, -0.05) is 26.7 Å². The first kappa shape index (κ1) is 18.2. The van der Waals surface area contributed by atoms with Gasteiger partial charge in [0.2, 0.25) is 0 Å². The lowest BCUT2D eigenvalue weighted by atomic mass is 10.2. The summed E-state index contributed by atoms with van der Waals surface area (Å²) in [4.78, 5) is 10.8. The van der Waals surface area contributed by atoms with E-state index in [1.807, 2.05) is 0 Å². The molecule has 0 bridgehead atoms. The summed E-state index contributed by atoms with van der Waals surface area (Å²) in [6.45, 7) is 6.94. The van der Waals surface area contributed by atoms with E-state index in [9.17, 15) is 4.79 Å². The molecule has 0 aromatic rings. The van der Waals surface area contributed by atoms with Gasteiger partial charge in [-0.3, -0.25) is 0 Å². The van der Waals surface area contributed by atoms with Crippen molar-refractivity contribution in [3.05, 3.63) is 0 Å². The van der Waals surface area contributed by atoms with Crippen molar-refractivity contribution in [3.8, 4) is 0 Å². The van der Waals surface area contributed by atoms with E-state index in [-0.39, 0.29) is 6.10 Å². The number of hydrogen-bond donors (Lipinski definition) is 1. The summed E-state index contributed by atoms with van der Waals surface area (Å²) in [7, 11) is 0. The summed E-state index contributed by atoms with van der Waals surface area (Å²) < 4.78 is 16.0. The third-order valence-corrected chi connectivity index (χ3v) is 2.74. The lowest BCUT2D eigenvalue weighted by molar-refractivity contribution is 0.0366. The van der Waals surface area contributed by atoms with Crippen LogP contribution in [-0.2, 0) is 14.2 Å². The van der Waals surface area contributed by atoms with Crippen LogP contribution < -0.4 is 5.73 Å². The van der Waals surface area contributed by atoms with Crippen LogP contribution in [0.2, 0.25) is 0 Å². The predicted molar refractivity (Wildman–Crippen MR) is 75.1 cm³/mol. The van der Waals surface area contributed by atoms with Crippen molar-refractivity contribution in [1.82, 2.24) is 0 Å². The van der Waals surface area contributed by atoms with Gasteiger partial charge in [0.15, 0.2) is 0 Å². The van der Waals surface area contributed by atoms with Gasteiger partial charge in [0.1, 0.15) is 6.10 Å². The zero-order valence-corrected chi connectivity index (χ0v) is 12.4. The molecule has 5 heteroatoms. The highest BCUT2D eigenvalue weighted by atomic mass is 16.6. The lowest BCUT2D eigenvalue weighted by Crippen LogP contribution is -2.25. The largest absolute Gasteiger partial charge is 0.446 e. The quantitative estimate of drug-likeness (QED) is 0.525. The first-order valence-corrected chi connectivity index (χ1v) is 7.32. The van der Waals surface area contributed by atoms with E-state index in [1.165, 1.54) is 0 Å². The minimum atomic E-state index is -0.730. The highest BCUT2D eigenvalue weighted by Gasteiger charge is 2.12. The van der Waals surface area contributed by atoms with Gasteiger partial charge >= 0.3 is 6.09 Å². The van der Waals surface area contributed by atoms with Gasteiger partial charge in [-0.15, -0.1) is 0 Å². The molecular weight excluding hydrogens is 246 g/mol. The molecule has 0 radical (unpaired) electrons. The Morgan fingerprint density at radius 2 is 1.42 bits per heavy atom. The Bertz CT molecular complexity index is 198. The molecule has 0 aliphatic heterocycles. The first-order valence-electron chi connectivity index (χ1n) is 7.32. The Morgan fingerprint density at radius 3 is 1.79 bits per heavy atom. The van der Waals surface area contributed by atoms with Crippen molar-refractivity contribution < 1.29 is 19.0 Å². The molecule has 2 N–H and O–H groups in total. The number of ether oxygens (including phenoxy) is 3. The molecule has 0 aromatic carbocycles. The van der Waals surface area contributed by atoms with Gasteiger partial charge in [-0.25, -0.2) is 4.79 Å². The summed E-state index contributed by atoms with van der Waals surface area (Å²) in [6.07, 6.45) is 4.75. The molecule has 0 rings (SSSR count). The van der Waals surface area contributed by atoms with Crippen molar-refractivity contribution in [1.29, 1.82) is 0 Å². The van der Waals surface area contributed by atoms with Crippen LogP contribution in [0.5, 0.6) is 0 Å². The SMILES string of the molecule is CCCCOCCC(CCOCCCC)OC(N)=O. The summed E-state index contributed by atoms with van der Waals surface area (Å²) in [6, 6.07) is 0. The molecular formula is C14H29NO4. The average molecular weight is 275 g/mol. The summed E-state index contributed by atoms with van der Waals surface area (Å²) >= 11 is 0. The van der Waals surface area contributed by atoms with Crippen molar-refractivity contribution in [2.75, 3.05) is 26.4 Å². The third kappa shape index (κ3) is 13.4. The number of nitrogens with two attached hydrogens (primary N) is 1. The molecule has 0 aliphatic rings. The maximum absolute atomic E-state index is 10.8. The van der Waals surface area contributed by atoms with Gasteiger partial charge in [0.25, 0.3) is 0 Å². The number of carbonyl (C=O) groups excluding carboxylic acids is 1. The van der Waals surface area contributed by atoms with Gasteiger partial charge in [0, 0.05) is 26.1 Å². The molecule has 5 nitrogen and oxygen atoms in total. The highest BCUT2D eigenvalue weighted by molar-refractivity contribution is 5.64. The van der Waals surface area contributed by atoms with E-state index in [1.54, 1.807) is 0 Å². The van der Waals surface area contributed by atoms with E-state index in [0.717, 1.165) is 38.9 Å². The molecule has 0 saturated heterocycles. The Kier molecular flexibility index (Phi) is 13.0. The van der Waals surface area contributed by atoms with Crippen molar-refractivity contribution >= 4 is 6.09 Å². The molecule has 0 atom stereocenters. The minimum absolute atomic E-state index is 0.208. The number of primary amides is 1. The molecule has 19 heavy (non-hydrogen) atoms. The van der Waals surface area contributed by atoms with Crippen LogP contribution in [0.1, 0.15) is 52.4 Å². The maximum Gasteiger partial charge on any atom is 0.404 e.